The molecule has 10 heteroatoms. The minimum atomic E-state index is -3.61. The molecule has 3 rings (SSSR count). The number of benzene rings is 2. The number of morpholine rings is 1. The molecule has 1 fully saturated rings. The number of carbonyl (C=O) groups is 2. The van der Waals surface area contributed by atoms with E-state index in [9.17, 15) is 23.1 Å². The lowest BCUT2D eigenvalue weighted by molar-refractivity contribution is -0.119. The Hall–Kier alpha value is -2.95. The summed E-state index contributed by atoms with van der Waals surface area (Å²) in [6.07, 6.45) is 0. The molecule has 0 bridgehead atoms. The normalized spacial score (nSPS) is 14.9. The molecule has 1 aliphatic heterocycles. The number of ether oxygens (including phenoxy) is 2. The van der Waals surface area contributed by atoms with Crippen molar-refractivity contribution in [2.45, 2.75) is 4.90 Å². The third-order valence-corrected chi connectivity index (χ3v) is 6.10. The summed E-state index contributed by atoms with van der Waals surface area (Å²) in [6, 6.07) is 11.2. The van der Waals surface area contributed by atoms with Crippen molar-refractivity contribution < 1.29 is 32.6 Å². The molecule has 1 heterocycles. The number of esters is 1. The Balaban J connectivity index is 1.54. The molecule has 0 unspecified atom stereocenters. The second-order valence-electron chi connectivity index (χ2n) is 6.21. The van der Waals surface area contributed by atoms with Crippen LogP contribution in [0.4, 0.5) is 5.69 Å². The van der Waals surface area contributed by atoms with Gasteiger partial charge >= 0.3 is 5.97 Å². The summed E-state index contributed by atoms with van der Waals surface area (Å²) in [4.78, 5) is 23.9. The summed E-state index contributed by atoms with van der Waals surface area (Å²) < 4.78 is 36.6. The van der Waals surface area contributed by atoms with E-state index in [1.165, 1.54) is 52.8 Å². The first-order chi connectivity index (χ1) is 13.9. The standard InChI is InChI=1S/C19H20N2O7S/c22-16-5-1-14(2-6-16)19(24)28-13-18(23)20-15-3-7-17(8-4-15)29(25,26)21-9-11-27-12-10-21/h1-8,22H,9-13H2,(H,20,23). The highest BCUT2D eigenvalue weighted by molar-refractivity contribution is 7.89. The van der Waals surface area contributed by atoms with Crippen LogP contribution in [0.2, 0.25) is 0 Å². The van der Waals surface area contributed by atoms with Crippen molar-refractivity contribution in [1.82, 2.24) is 4.31 Å². The molecule has 1 amide bonds. The first kappa shape index (κ1) is 20.8. The van der Waals surface area contributed by atoms with Gasteiger partial charge in [0, 0.05) is 18.8 Å². The number of aromatic hydroxyl groups is 1. The number of phenolic OH excluding ortho intramolecular Hbond substituents is 1. The monoisotopic (exact) mass is 420 g/mol. The van der Waals surface area contributed by atoms with Gasteiger partial charge in [-0.05, 0) is 48.5 Å². The van der Waals surface area contributed by atoms with Gasteiger partial charge in [-0.25, -0.2) is 13.2 Å². The Labute approximate surface area is 167 Å². The zero-order valence-corrected chi connectivity index (χ0v) is 16.2. The molecular weight excluding hydrogens is 400 g/mol. The minimum absolute atomic E-state index is 0.0124. The second kappa shape index (κ2) is 9.03. The summed E-state index contributed by atoms with van der Waals surface area (Å²) in [5.74, 6) is -1.26. The summed E-state index contributed by atoms with van der Waals surface area (Å²) in [6.45, 7) is 0.806. The fraction of sp³-hybridized carbons (Fsp3) is 0.263. The number of sulfonamides is 1. The molecule has 0 aliphatic carbocycles. The van der Waals surface area contributed by atoms with E-state index in [4.69, 9.17) is 9.47 Å². The number of carbonyl (C=O) groups excluding carboxylic acids is 2. The van der Waals surface area contributed by atoms with E-state index < -0.39 is 28.5 Å². The molecule has 1 aliphatic rings. The number of phenols is 1. The van der Waals surface area contributed by atoms with Crippen LogP contribution < -0.4 is 5.32 Å². The number of anilines is 1. The number of amides is 1. The van der Waals surface area contributed by atoms with E-state index in [1.807, 2.05) is 0 Å². The van der Waals surface area contributed by atoms with E-state index in [0.29, 0.717) is 32.0 Å². The average Bonchev–Trinajstić information content (AvgIpc) is 2.73. The largest absolute Gasteiger partial charge is 0.508 e. The Bertz CT molecular complexity index is 967. The molecule has 9 nitrogen and oxygen atoms in total. The van der Waals surface area contributed by atoms with Gasteiger partial charge in [0.2, 0.25) is 10.0 Å². The Morgan fingerprint density at radius 3 is 2.28 bits per heavy atom. The van der Waals surface area contributed by atoms with Crippen molar-refractivity contribution in [3.8, 4) is 5.75 Å². The summed E-state index contributed by atoms with van der Waals surface area (Å²) in [7, 11) is -3.61. The van der Waals surface area contributed by atoms with E-state index >= 15 is 0 Å². The van der Waals surface area contributed by atoms with Gasteiger partial charge in [-0.15, -0.1) is 0 Å². The van der Waals surface area contributed by atoms with Crippen molar-refractivity contribution in [2.75, 3.05) is 38.2 Å². The zero-order chi connectivity index (χ0) is 20.9. The van der Waals surface area contributed by atoms with Crippen molar-refractivity contribution >= 4 is 27.6 Å². The molecule has 1 saturated heterocycles. The Kier molecular flexibility index (Phi) is 6.47. The van der Waals surface area contributed by atoms with Crippen LogP contribution in [0.5, 0.6) is 5.75 Å². The molecule has 0 spiro atoms. The summed E-state index contributed by atoms with van der Waals surface area (Å²) in [5, 5.41) is 11.7. The summed E-state index contributed by atoms with van der Waals surface area (Å²) in [5.41, 5.74) is 0.574. The van der Waals surface area contributed by atoms with Crippen LogP contribution in [0.3, 0.4) is 0 Å². The number of nitrogens with one attached hydrogen (secondary N) is 1. The molecule has 0 saturated carbocycles. The molecule has 2 aromatic rings. The SMILES string of the molecule is O=C(COC(=O)c1ccc(O)cc1)Nc1ccc(S(=O)(=O)N2CCOCC2)cc1. The Morgan fingerprint density at radius 1 is 1.03 bits per heavy atom. The highest BCUT2D eigenvalue weighted by atomic mass is 32.2. The van der Waals surface area contributed by atoms with Gasteiger partial charge in [0.1, 0.15) is 5.75 Å². The van der Waals surface area contributed by atoms with Crippen LogP contribution in [0, 0.1) is 0 Å². The second-order valence-corrected chi connectivity index (χ2v) is 8.15. The molecule has 2 N–H and O–H groups in total. The predicted molar refractivity (Wildman–Crippen MR) is 103 cm³/mol. The highest BCUT2D eigenvalue weighted by Gasteiger charge is 2.26. The van der Waals surface area contributed by atoms with Gasteiger partial charge in [-0.3, -0.25) is 4.79 Å². The average molecular weight is 420 g/mol. The number of nitrogens with zero attached hydrogens (tertiary/aromatic N) is 1. The fourth-order valence-electron chi connectivity index (χ4n) is 2.66. The van der Waals surface area contributed by atoms with E-state index in [1.54, 1.807) is 0 Å². The van der Waals surface area contributed by atoms with Crippen LogP contribution in [0.25, 0.3) is 0 Å². The van der Waals surface area contributed by atoms with Crippen molar-refractivity contribution in [2.24, 2.45) is 0 Å². The smallest absolute Gasteiger partial charge is 0.338 e. The van der Waals surface area contributed by atoms with Crippen LogP contribution in [0.15, 0.2) is 53.4 Å². The quantitative estimate of drug-likeness (QED) is 0.674. The van der Waals surface area contributed by atoms with Gasteiger partial charge in [-0.2, -0.15) is 4.31 Å². The third kappa shape index (κ3) is 5.31. The maximum atomic E-state index is 12.6. The Morgan fingerprint density at radius 2 is 1.66 bits per heavy atom. The third-order valence-electron chi connectivity index (χ3n) is 4.18. The lowest BCUT2D eigenvalue weighted by Crippen LogP contribution is -2.40. The fourth-order valence-corrected chi connectivity index (χ4v) is 4.06. The van der Waals surface area contributed by atoms with Crippen LogP contribution in [-0.2, 0) is 24.3 Å². The molecule has 0 radical (unpaired) electrons. The lowest BCUT2D eigenvalue weighted by atomic mass is 10.2. The van der Waals surface area contributed by atoms with Crippen LogP contribution >= 0.6 is 0 Å². The van der Waals surface area contributed by atoms with Gasteiger partial charge in [-0.1, -0.05) is 0 Å². The van der Waals surface area contributed by atoms with Gasteiger partial charge in [0.05, 0.1) is 23.7 Å². The van der Waals surface area contributed by atoms with Crippen molar-refractivity contribution in [3.63, 3.8) is 0 Å². The number of rotatable bonds is 6. The van der Waals surface area contributed by atoms with Gasteiger partial charge in [0.25, 0.3) is 5.91 Å². The molecule has 154 valence electrons. The van der Waals surface area contributed by atoms with E-state index in [2.05, 4.69) is 5.32 Å². The van der Waals surface area contributed by atoms with Gasteiger partial charge < -0.3 is 19.9 Å². The molecular formula is C19H20N2O7S. The first-order valence-electron chi connectivity index (χ1n) is 8.80. The van der Waals surface area contributed by atoms with Crippen LogP contribution in [0.1, 0.15) is 10.4 Å². The topological polar surface area (TPSA) is 122 Å². The zero-order valence-electron chi connectivity index (χ0n) is 15.4. The molecule has 2 aromatic carbocycles. The van der Waals surface area contributed by atoms with Crippen LogP contribution in [-0.4, -0.2) is 62.6 Å². The maximum absolute atomic E-state index is 12.6. The maximum Gasteiger partial charge on any atom is 0.338 e. The first-order valence-corrected chi connectivity index (χ1v) is 10.2. The molecule has 0 atom stereocenters. The number of hydrogen-bond acceptors (Lipinski definition) is 7. The number of hydrogen-bond donors (Lipinski definition) is 2. The van der Waals surface area contributed by atoms with E-state index in [-0.39, 0.29) is 16.2 Å². The molecule has 29 heavy (non-hydrogen) atoms. The highest BCUT2D eigenvalue weighted by Crippen LogP contribution is 2.19. The van der Waals surface area contributed by atoms with E-state index in [0.717, 1.165) is 0 Å². The lowest BCUT2D eigenvalue weighted by Gasteiger charge is -2.26. The van der Waals surface area contributed by atoms with Crippen molar-refractivity contribution in [1.29, 1.82) is 0 Å². The van der Waals surface area contributed by atoms with Gasteiger partial charge in [0.15, 0.2) is 6.61 Å². The molecule has 0 aromatic heterocycles. The predicted octanol–water partition coefficient (Wildman–Crippen LogP) is 1.21. The summed E-state index contributed by atoms with van der Waals surface area (Å²) >= 11 is 0. The minimum Gasteiger partial charge on any atom is -0.508 e. The van der Waals surface area contributed by atoms with Crippen molar-refractivity contribution in [3.05, 3.63) is 54.1 Å².